The first kappa shape index (κ1) is 30.1. The number of amides is 5. The summed E-state index contributed by atoms with van der Waals surface area (Å²) in [7, 11) is 0. The molecular formula is C18H33N7O7S. The van der Waals surface area contributed by atoms with Crippen LogP contribution in [0.15, 0.2) is 0 Å². The first-order valence-corrected chi connectivity index (χ1v) is 10.8. The second-order valence-corrected chi connectivity index (χ2v) is 7.64. The number of primary amides is 2. The average molecular weight is 492 g/mol. The SMILES string of the molecule is NCCCCC(NC(=O)C(N)CS)C(=O)NC(CC(N)=O)C(=O)NC(CCC(N)=O)C(=O)O. The van der Waals surface area contributed by atoms with Crippen molar-refractivity contribution < 1.29 is 33.9 Å². The Hall–Kier alpha value is -2.91. The number of carboxylic acids is 1. The summed E-state index contributed by atoms with van der Waals surface area (Å²) in [4.78, 5) is 71.2. The molecule has 188 valence electrons. The van der Waals surface area contributed by atoms with Crippen molar-refractivity contribution in [2.75, 3.05) is 12.3 Å². The predicted octanol–water partition coefficient (Wildman–Crippen LogP) is -3.95. The van der Waals surface area contributed by atoms with E-state index in [9.17, 15) is 33.9 Å². The van der Waals surface area contributed by atoms with Gasteiger partial charge in [0.25, 0.3) is 0 Å². The van der Waals surface area contributed by atoms with Gasteiger partial charge < -0.3 is 44.0 Å². The van der Waals surface area contributed by atoms with Crippen LogP contribution in [0.5, 0.6) is 0 Å². The van der Waals surface area contributed by atoms with Crippen molar-refractivity contribution in [3.8, 4) is 0 Å². The van der Waals surface area contributed by atoms with E-state index in [0.29, 0.717) is 19.4 Å². The second kappa shape index (κ2) is 15.8. The maximum Gasteiger partial charge on any atom is 0.326 e. The number of unbranched alkanes of at least 4 members (excludes halogenated alkanes) is 1. The Balaban J connectivity index is 5.47. The summed E-state index contributed by atoms with van der Waals surface area (Å²) in [5.41, 5.74) is 21.2. The fraction of sp³-hybridized carbons (Fsp3) is 0.667. The third kappa shape index (κ3) is 12.6. The number of carbonyl (C=O) groups excluding carboxylic acids is 5. The van der Waals surface area contributed by atoms with Crippen molar-refractivity contribution in [2.24, 2.45) is 22.9 Å². The minimum atomic E-state index is -1.53. The molecule has 33 heavy (non-hydrogen) atoms. The van der Waals surface area contributed by atoms with Gasteiger partial charge in [0.2, 0.25) is 29.5 Å². The summed E-state index contributed by atoms with van der Waals surface area (Å²) >= 11 is 3.93. The standard InChI is InChI=1S/C18H33N7O7S/c19-6-2-1-3-10(23-15(28)9(20)8-33)16(29)25-12(7-14(22)27)17(30)24-11(18(31)32)4-5-13(21)26/h9-12,33H,1-8,19-20H2,(H2,21,26)(H2,22,27)(H,23,28)(H,24,30)(H,25,29)(H,31,32). The largest absolute Gasteiger partial charge is 0.480 e. The summed E-state index contributed by atoms with van der Waals surface area (Å²) in [6.07, 6.45) is -0.0675. The fourth-order valence-corrected chi connectivity index (χ4v) is 2.79. The molecule has 14 nitrogen and oxygen atoms in total. The van der Waals surface area contributed by atoms with Gasteiger partial charge in [0.15, 0.2) is 0 Å². The lowest BCUT2D eigenvalue weighted by molar-refractivity contribution is -0.142. The lowest BCUT2D eigenvalue weighted by atomic mass is 10.1. The van der Waals surface area contributed by atoms with Gasteiger partial charge in [-0.3, -0.25) is 24.0 Å². The van der Waals surface area contributed by atoms with Crippen LogP contribution in [0.25, 0.3) is 0 Å². The molecule has 0 rings (SSSR count). The predicted molar refractivity (Wildman–Crippen MR) is 120 cm³/mol. The lowest BCUT2D eigenvalue weighted by Crippen LogP contribution is -2.58. The molecule has 4 unspecified atom stereocenters. The number of hydrogen-bond donors (Lipinski definition) is 9. The topological polar surface area (TPSA) is 263 Å². The monoisotopic (exact) mass is 491 g/mol. The van der Waals surface area contributed by atoms with Crippen LogP contribution in [0.3, 0.4) is 0 Å². The molecule has 0 heterocycles. The summed E-state index contributed by atoms with van der Waals surface area (Å²) in [6.45, 7) is 0.354. The zero-order valence-corrected chi connectivity index (χ0v) is 19.0. The molecule has 0 fully saturated rings. The molecule has 0 aliphatic carbocycles. The van der Waals surface area contributed by atoms with Crippen molar-refractivity contribution in [2.45, 2.75) is 62.7 Å². The third-order valence-electron chi connectivity index (χ3n) is 4.45. The van der Waals surface area contributed by atoms with E-state index in [4.69, 9.17) is 22.9 Å². The molecule has 0 bridgehead atoms. The fourth-order valence-electron chi connectivity index (χ4n) is 2.62. The number of carbonyl (C=O) groups is 6. The number of nitrogens with one attached hydrogen (secondary N) is 3. The van der Waals surface area contributed by atoms with Gasteiger partial charge in [-0.05, 0) is 32.2 Å². The quantitative estimate of drug-likeness (QED) is 0.0708. The zero-order chi connectivity index (χ0) is 25.6. The Bertz CT molecular complexity index is 722. The molecule has 4 atom stereocenters. The van der Waals surface area contributed by atoms with Gasteiger partial charge in [-0.2, -0.15) is 12.6 Å². The van der Waals surface area contributed by atoms with E-state index >= 15 is 0 Å². The van der Waals surface area contributed by atoms with Crippen LogP contribution in [0.4, 0.5) is 0 Å². The minimum absolute atomic E-state index is 0.0254. The minimum Gasteiger partial charge on any atom is -0.480 e. The van der Waals surface area contributed by atoms with Gasteiger partial charge >= 0.3 is 5.97 Å². The normalized spacial score (nSPS) is 14.3. The first-order chi connectivity index (χ1) is 15.4. The van der Waals surface area contributed by atoms with Crippen LogP contribution < -0.4 is 38.9 Å². The molecule has 0 aromatic rings. The van der Waals surface area contributed by atoms with E-state index in [1.807, 2.05) is 0 Å². The second-order valence-electron chi connectivity index (χ2n) is 7.27. The van der Waals surface area contributed by atoms with Crippen molar-refractivity contribution in [1.82, 2.24) is 16.0 Å². The van der Waals surface area contributed by atoms with Gasteiger partial charge in [0, 0.05) is 12.2 Å². The Kier molecular flexibility index (Phi) is 14.4. The molecular weight excluding hydrogens is 458 g/mol. The molecule has 12 N–H and O–H groups in total. The Morgan fingerprint density at radius 2 is 1.33 bits per heavy atom. The molecule has 0 aromatic heterocycles. The van der Waals surface area contributed by atoms with E-state index < -0.39 is 66.1 Å². The zero-order valence-electron chi connectivity index (χ0n) is 18.1. The van der Waals surface area contributed by atoms with Crippen molar-refractivity contribution >= 4 is 48.1 Å². The highest BCUT2D eigenvalue weighted by Crippen LogP contribution is 2.05. The summed E-state index contributed by atoms with van der Waals surface area (Å²) < 4.78 is 0. The number of thiol groups is 1. The van der Waals surface area contributed by atoms with E-state index in [1.54, 1.807) is 0 Å². The molecule has 0 aliphatic rings. The van der Waals surface area contributed by atoms with Gasteiger partial charge in [0.05, 0.1) is 12.5 Å². The highest BCUT2D eigenvalue weighted by Gasteiger charge is 2.31. The molecule has 15 heteroatoms. The number of aliphatic carboxylic acids is 1. The maximum absolute atomic E-state index is 12.8. The molecule has 0 radical (unpaired) electrons. The lowest BCUT2D eigenvalue weighted by Gasteiger charge is -2.24. The Morgan fingerprint density at radius 3 is 1.82 bits per heavy atom. The van der Waals surface area contributed by atoms with E-state index in [2.05, 4.69) is 28.6 Å². The van der Waals surface area contributed by atoms with Crippen LogP contribution in [-0.4, -0.2) is 77.1 Å². The van der Waals surface area contributed by atoms with Crippen molar-refractivity contribution in [3.05, 3.63) is 0 Å². The van der Waals surface area contributed by atoms with Gasteiger partial charge in [0.1, 0.15) is 18.1 Å². The van der Waals surface area contributed by atoms with Gasteiger partial charge in [-0.25, -0.2) is 4.79 Å². The maximum atomic E-state index is 12.8. The number of hydrogen-bond acceptors (Lipinski definition) is 9. The summed E-state index contributed by atoms with van der Waals surface area (Å²) in [6, 6.07) is -5.11. The smallest absolute Gasteiger partial charge is 0.326 e. The third-order valence-corrected chi connectivity index (χ3v) is 4.84. The number of carboxylic acid groups (broad SMARTS) is 1. The summed E-state index contributed by atoms with van der Waals surface area (Å²) in [5, 5.41) is 16.1. The van der Waals surface area contributed by atoms with Gasteiger partial charge in [-0.15, -0.1) is 0 Å². The number of rotatable bonds is 17. The Labute approximate surface area is 196 Å². The van der Waals surface area contributed by atoms with Gasteiger partial charge in [-0.1, -0.05) is 0 Å². The summed E-state index contributed by atoms with van der Waals surface area (Å²) in [5.74, 6) is -5.60. The highest BCUT2D eigenvalue weighted by atomic mass is 32.1. The Morgan fingerprint density at radius 1 is 0.788 bits per heavy atom. The van der Waals surface area contributed by atoms with Crippen LogP contribution in [-0.2, 0) is 28.8 Å². The van der Waals surface area contributed by atoms with Crippen molar-refractivity contribution in [1.29, 1.82) is 0 Å². The van der Waals surface area contributed by atoms with Crippen LogP contribution >= 0.6 is 12.6 Å². The molecule has 0 saturated carbocycles. The van der Waals surface area contributed by atoms with E-state index in [1.165, 1.54) is 0 Å². The molecule has 0 spiro atoms. The molecule has 5 amide bonds. The van der Waals surface area contributed by atoms with Crippen molar-refractivity contribution in [3.63, 3.8) is 0 Å². The molecule has 0 saturated heterocycles. The van der Waals surface area contributed by atoms with E-state index in [0.717, 1.165) is 0 Å². The van der Waals surface area contributed by atoms with Crippen LogP contribution in [0, 0.1) is 0 Å². The molecule has 0 aliphatic heterocycles. The molecule has 0 aromatic carbocycles. The first-order valence-electron chi connectivity index (χ1n) is 10.2. The highest BCUT2D eigenvalue weighted by molar-refractivity contribution is 7.80. The van der Waals surface area contributed by atoms with Crippen LogP contribution in [0.1, 0.15) is 38.5 Å². The van der Waals surface area contributed by atoms with E-state index in [-0.39, 0.29) is 25.0 Å². The average Bonchev–Trinajstić information content (AvgIpc) is 2.73. The van der Waals surface area contributed by atoms with Crippen LogP contribution in [0.2, 0.25) is 0 Å². The number of nitrogens with two attached hydrogens (primary N) is 4.